The van der Waals surface area contributed by atoms with Gasteiger partial charge in [-0.05, 0) is 47.9 Å². The number of tetrazole rings is 1. The van der Waals surface area contributed by atoms with Gasteiger partial charge in [-0.1, -0.05) is 157 Å². The summed E-state index contributed by atoms with van der Waals surface area (Å²) < 4.78 is 12.5. The molecule has 0 unspecified atom stereocenters. The number of H-pyrrole nitrogens is 2. The molecule has 6 aromatic rings. The van der Waals surface area contributed by atoms with Crippen molar-refractivity contribution in [3.63, 3.8) is 0 Å². The van der Waals surface area contributed by atoms with Crippen LogP contribution in [0.3, 0.4) is 0 Å². The first-order valence-corrected chi connectivity index (χ1v) is 25.3. The van der Waals surface area contributed by atoms with Gasteiger partial charge in [0.2, 0.25) is 0 Å². The minimum absolute atomic E-state index is 0.349. The zero-order valence-corrected chi connectivity index (χ0v) is 46.4. The average Bonchev–Trinajstić information content (AvgIpc) is 4.09. The van der Waals surface area contributed by atoms with E-state index in [0.717, 1.165) is 40.6 Å². The van der Waals surface area contributed by atoms with Crippen molar-refractivity contribution in [2.75, 3.05) is 0 Å². The molecule has 2 N–H and O–H groups in total. The summed E-state index contributed by atoms with van der Waals surface area (Å²) in [5.74, 6) is 11.3. The highest BCUT2D eigenvalue weighted by Crippen LogP contribution is 2.24. The topological polar surface area (TPSA) is 166 Å². The number of imidazole rings is 2. The molecule has 0 radical (unpaired) electrons. The van der Waals surface area contributed by atoms with E-state index in [1.165, 1.54) is 22.1 Å². The van der Waals surface area contributed by atoms with E-state index in [2.05, 4.69) is 222 Å². The van der Waals surface area contributed by atoms with E-state index in [-0.39, 0.29) is 0 Å². The monoisotopic (exact) mass is 934 g/mol. The van der Waals surface area contributed by atoms with E-state index in [1.54, 1.807) is 11.3 Å². The lowest BCUT2D eigenvalue weighted by Gasteiger charge is -2.08. The second-order valence-electron chi connectivity index (χ2n) is 20.6. The molecule has 6 aromatic heterocycles. The molecule has 372 valence electrons. The molecule has 6 rings (SSSR count). The van der Waals surface area contributed by atoms with E-state index >= 15 is 0 Å². The summed E-state index contributed by atoms with van der Waals surface area (Å²) >= 11 is 1.77. The van der Waals surface area contributed by atoms with Crippen LogP contribution in [-0.2, 0) is 0 Å². The maximum absolute atomic E-state index is 5.50. The molecule has 0 atom stereocenters. The van der Waals surface area contributed by atoms with Gasteiger partial charge in [0.05, 0.1) is 28.6 Å². The fourth-order valence-corrected chi connectivity index (χ4v) is 6.34. The van der Waals surface area contributed by atoms with E-state index in [1.807, 2.05) is 29.3 Å². The van der Waals surface area contributed by atoms with Gasteiger partial charge in [0.25, 0.3) is 0 Å². The van der Waals surface area contributed by atoms with Gasteiger partial charge >= 0.3 is 0 Å². The number of nitrogens with zero attached hydrogens (tertiary/aromatic N) is 9. The highest BCUT2D eigenvalue weighted by molar-refractivity contribution is 7.09. The van der Waals surface area contributed by atoms with Crippen molar-refractivity contribution in [2.45, 2.75) is 237 Å². The Hall–Kier alpha value is -4.46. The predicted octanol–water partition coefficient (Wildman–Crippen LogP) is 15.9. The minimum atomic E-state index is 0.349. The maximum atomic E-state index is 5.50. The van der Waals surface area contributed by atoms with Gasteiger partial charge in [-0.3, -0.25) is 0 Å². The third-order valence-corrected chi connectivity index (χ3v) is 11.2. The zero-order valence-electron chi connectivity index (χ0n) is 45.6. The van der Waals surface area contributed by atoms with Crippen LogP contribution in [0.15, 0.2) is 39.0 Å². The van der Waals surface area contributed by atoms with Crippen molar-refractivity contribution >= 4 is 11.3 Å². The fourth-order valence-electron chi connectivity index (χ4n) is 5.34. The first-order chi connectivity index (χ1) is 30.7. The lowest BCUT2D eigenvalue weighted by Crippen LogP contribution is -2.09. The van der Waals surface area contributed by atoms with Crippen LogP contribution in [0.25, 0.3) is 0 Å². The molecule has 66 heavy (non-hydrogen) atoms. The van der Waals surface area contributed by atoms with Crippen LogP contribution in [-0.4, -0.2) is 55.3 Å². The molecule has 0 aliphatic carbocycles. The van der Waals surface area contributed by atoms with Gasteiger partial charge in [-0.15, -0.1) is 16.4 Å². The van der Waals surface area contributed by atoms with Crippen molar-refractivity contribution in [1.82, 2.24) is 55.3 Å². The molecule has 14 heteroatoms. The molecule has 13 nitrogen and oxygen atoms in total. The zero-order chi connectivity index (χ0) is 50.6. The van der Waals surface area contributed by atoms with Gasteiger partial charge in [0.15, 0.2) is 11.7 Å². The third-order valence-electron chi connectivity index (χ3n) is 10.0. The first kappa shape index (κ1) is 59.6. The van der Waals surface area contributed by atoms with E-state index in [4.69, 9.17) is 8.94 Å². The van der Waals surface area contributed by atoms with Crippen LogP contribution >= 0.6 is 11.3 Å². The minimum Gasteiger partial charge on any atom is -0.445 e. The Morgan fingerprint density at radius 1 is 0.500 bits per heavy atom. The molecule has 0 fully saturated rings. The number of nitrogens with one attached hydrogen (secondary N) is 2. The third kappa shape index (κ3) is 21.0. The SMILES string of the molecule is CC(C)c1cc(C(C)C)on1.CC(C)c1cnc(C(C)C)[nH]1.CC(C)c1cnc(C(C)C)[nH]1.CC(C)c1cnc(C(C)C)o1.CC(C)c1csc(C(C)C)n1.CC(C)c1nnnn1C(C)C. The molecule has 0 amide bonds. The summed E-state index contributed by atoms with van der Waals surface area (Å²) in [6.45, 7) is 51.1. The summed E-state index contributed by atoms with van der Waals surface area (Å²) in [5.41, 5.74) is 4.75. The maximum Gasteiger partial charge on any atom is 0.196 e. The second kappa shape index (κ2) is 29.3. The van der Waals surface area contributed by atoms with Crippen LogP contribution < -0.4 is 0 Å². The Bertz CT molecular complexity index is 1710. The molecule has 0 aliphatic heterocycles. The van der Waals surface area contributed by atoms with Crippen molar-refractivity contribution in [3.8, 4) is 0 Å². The van der Waals surface area contributed by atoms with Crippen molar-refractivity contribution in [2.24, 2.45) is 0 Å². The quantitative estimate of drug-likeness (QED) is 0.121. The number of hydrogen-bond donors (Lipinski definition) is 2. The van der Waals surface area contributed by atoms with Crippen LogP contribution in [0, 0.1) is 0 Å². The average molecular weight is 934 g/mol. The van der Waals surface area contributed by atoms with Crippen LogP contribution in [0.4, 0.5) is 0 Å². The number of aromatic amines is 2. The second-order valence-corrected chi connectivity index (χ2v) is 21.5. The van der Waals surface area contributed by atoms with Crippen molar-refractivity contribution in [3.05, 3.63) is 92.7 Å². The van der Waals surface area contributed by atoms with Gasteiger partial charge in [-0.2, -0.15) is 0 Å². The Morgan fingerprint density at radius 2 is 1.00 bits per heavy atom. The molecular weight excluding hydrogens is 843 g/mol. The van der Waals surface area contributed by atoms with Gasteiger partial charge in [-0.25, -0.2) is 24.6 Å². The van der Waals surface area contributed by atoms with Gasteiger partial charge in [0.1, 0.15) is 23.2 Å². The molecule has 0 spiro atoms. The van der Waals surface area contributed by atoms with Gasteiger partial charge < -0.3 is 18.9 Å². The van der Waals surface area contributed by atoms with Crippen LogP contribution in [0.2, 0.25) is 0 Å². The standard InChI is InChI=1S/2C9H16N2.2C9H15NO.C9H15NS.C7H14N4/c3*1-6(2)8-5-10-9(11-8)7(3)4;1-6(2)8-5-9(7(3)4)11-10-8;1-6(2)8-5-11-9(10-8)7(3)4;1-5(2)7-8-9-10-11(7)6(3)4/h2*5-7H,1-4H3,(H,10,11);3*5-7H,1-4H3;5-6H,1-4H3. The number of aromatic nitrogens is 11. The largest absolute Gasteiger partial charge is 0.445 e. The van der Waals surface area contributed by atoms with Crippen molar-refractivity contribution in [1.29, 1.82) is 0 Å². The molecule has 6 heterocycles. The van der Waals surface area contributed by atoms with Crippen LogP contribution in [0.1, 0.15) is 300 Å². The lowest BCUT2D eigenvalue weighted by atomic mass is 10.1. The summed E-state index contributed by atoms with van der Waals surface area (Å²) in [6, 6.07) is 2.39. The summed E-state index contributed by atoms with van der Waals surface area (Å²) in [4.78, 5) is 23.9. The first-order valence-electron chi connectivity index (χ1n) is 24.4. The molecule has 0 aromatic carbocycles. The number of hydrogen-bond acceptors (Lipinski definition) is 11. The Morgan fingerprint density at radius 3 is 1.24 bits per heavy atom. The molecule has 0 saturated heterocycles. The fraction of sp³-hybridized carbons (Fsp3) is 0.692. The Balaban J connectivity index is 0.000000396. The molecule has 0 bridgehead atoms. The van der Waals surface area contributed by atoms with E-state index in [0.29, 0.717) is 71.1 Å². The Labute approximate surface area is 404 Å². The lowest BCUT2D eigenvalue weighted by molar-refractivity contribution is 0.363. The summed E-state index contributed by atoms with van der Waals surface area (Å²) in [5, 5.41) is 18.8. The normalized spacial score (nSPS) is 11.5. The predicted molar refractivity (Wildman–Crippen MR) is 275 cm³/mol. The van der Waals surface area contributed by atoms with Crippen LogP contribution in [0.5, 0.6) is 0 Å². The molecule has 0 saturated carbocycles. The van der Waals surface area contributed by atoms with E-state index < -0.39 is 0 Å². The smallest absolute Gasteiger partial charge is 0.196 e. The summed E-state index contributed by atoms with van der Waals surface area (Å²) in [6.07, 6.45) is 5.68. The highest BCUT2D eigenvalue weighted by atomic mass is 32.1. The number of thiazole rings is 1. The molecule has 0 aliphatic rings. The van der Waals surface area contributed by atoms with Gasteiger partial charge in [0, 0.05) is 76.7 Å². The number of rotatable bonds is 12. The van der Waals surface area contributed by atoms with E-state index in [9.17, 15) is 0 Å². The summed E-state index contributed by atoms with van der Waals surface area (Å²) in [7, 11) is 0. The van der Waals surface area contributed by atoms with Crippen molar-refractivity contribution < 1.29 is 8.94 Å². The Kier molecular flexibility index (Phi) is 26.5. The molecular formula is C52H91N11O2S. The number of oxazole rings is 1. The highest BCUT2D eigenvalue weighted by Gasteiger charge is 2.13.